The molecule has 0 aliphatic rings. The summed E-state index contributed by atoms with van der Waals surface area (Å²) in [6.07, 6.45) is 6.54. The van der Waals surface area contributed by atoms with Crippen LogP contribution in [0.25, 0.3) is 0 Å². The predicted octanol–water partition coefficient (Wildman–Crippen LogP) is 2.91. The number of ketones is 1. The molecule has 1 aromatic rings. The number of hydroxylamine groups is 1. The van der Waals surface area contributed by atoms with E-state index in [0.29, 0.717) is 0 Å². The van der Waals surface area contributed by atoms with Gasteiger partial charge >= 0.3 is 5.97 Å². The molecule has 8 heteroatoms. The van der Waals surface area contributed by atoms with Crippen molar-refractivity contribution in [3.63, 3.8) is 0 Å². The molecule has 0 saturated carbocycles. The predicted molar refractivity (Wildman–Crippen MR) is 92.7 cm³/mol. The first-order valence-corrected chi connectivity index (χ1v) is 9.82. The molecule has 7 nitrogen and oxygen atoms in total. The second-order valence-corrected chi connectivity index (χ2v) is 7.10. The zero-order chi connectivity index (χ0) is 18.7. The third-order valence-corrected chi connectivity index (χ3v) is 4.53. The fourth-order valence-electron chi connectivity index (χ4n) is 2.30. The first kappa shape index (κ1) is 21.3. The van der Waals surface area contributed by atoms with Crippen LogP contribution < -0.4 is 5.48 Å². The lowest BCUT2D eigenvalue weighted by atomic mass is 10.1. The fourth-order valence-corrected chi connectivity index (χ4v) is 3.01. The molecule has 140 valence electrons. The molecule has 0 aliphatic heterocycles. The average molecular weight is 371 g/mol. The van der Waals surface area contributed by atoms with Gasteiger partial charge in [0.15, 0.2) is 5.78 Å². The van der Waals surface area contributed by atoms with Gasteiger partial charge in [0.25, 0.3) is 10.1 Å². The van der Waals surface area contributed by atoms with E-state index in [1.165, 1.54) is 31.0 Å². The number of benzene rings is 1. The maximum atomic E-state index is 12.0. The number of carbonyl (C=O) groups is 2. The van der Waals surface area contributed by atoms with Crippen molar-refractivity contribution in [1.29, 1.82) is 0 Å². The molecule has 0 bridgehead atoms. The lowest BCUT2D eigenvalue weighted by molar-refractivity contribution is -0.150. The van der Waals surface area contributed by atoms with Gasteiger partial charge in [-0.05, 0) is 18.6 Å². The maximum Gasteiger partial charge on any atom is 0.324 e. The van der Waals surface area contributed by atoms with E-state index in [1.54, 1.807) is 0 Å². The Hall–Kier alpha value is -1.77. The van der Waals surface area contributed by atoms with Crippen molar-refractivity contribution in [3.8, 4) is 0 Å². The summed E-state index contributed by atoms with van der Waals surface area (Å²) in [5, 5.41) is 0. The van der Waals surface area contributed by atoms with Gasteiger partial charge in [0.2, 0.25) is 0 Å². The highest BCUT2D eigenvalue weighted by atomic mass is 32.2. The van der Waals surface area contributed by atoms with Crippen molar-refractivity contribution >= 4 is 21.9 Å². The van der Waals surface area contributed by atoms with Gasteiger partial charge in [0.05, 0.1) is 6.54 Å². The van der Waals surface area contributed by atoms with Crippen LogP contribution in [0.1, 0.15) is 62.2 Å². The molecule has 0 unspecified atom stereocenters. The Morgan fingerprint density at radius 3 is 2.40 bits per heavy atom. The summed E-state index contributed by atoms with van der Waals surface area (Å²) in [5.41, 5.74) is 2.09. The molecule has 0 saturated heterocycles. The molecule has 0 aromatic heterocycles. The van der Waals surface area contributed by atoms with Gasteiger partial charge in [0, 0.05) is 12.0 Å². The van der Waals surface area contributed by atoms with Crippen molar-refractivity contribution in [1.82, 2.24) is 5.48 Å². The van der Waals surface area contributed by atoms with E-state index in [9.17, 15) is 18.0 Å². The van der Waals surface area contributed by atoms with Crippen LogP contribution in [0.15, 0.2) is 29.2 Å². The Kier molecular flexibility index (Phi) is 9.33. The topological polar surface area (TPSA) is 110 Å². The Bertz CT molecular complexity index is 671. The summed E-state index contributed by atoms with van der Waals surface area (Å²) in [5.74, 6) is -1.08. The number of rotatable bonds is 12. The van der Waals surface area contributed by atoms with E-state index in [4.69, 9.17) is 9.39 Å². The SMILES string of the molecule is CCCCCCCCC(=O)ONCC(=O)c1ccccc1S(=O)(=O)O. The molecule has 2 N–H and O–H groups in total. The molecule has 0 aliphatic carbocycles. The summed E-state index contributed by atoms with van der Waals surface area (Å²) in [7, 11) is -4.50. The molecule has 0 radical (unpaired) electrons. The maximum absolute atomic E-state index is 12.0. The minimum absolute atomic E-state index is 0.163. The van der Waals surface area contributed by atoms with Crippen molar-refractivity contribution in [3.05, 3.63) is 29.8 Å². The molecule has 1 rings (SSSR count). The Labute approximate surface area is 148 Å². The lowest BCUT2D eigenvalue weighted by Crippen LogP contribution is -2.27. The molecule has 0 amide bonds. The number of unbranched alkanes of at least 4 members (excludes halogenated alkanes) is 5. The smallest absolute Gasteiger partial charge is 0.324 e. The summed E-state index contributed by atoms with van der Waals surface area (Å²) < 4.78 is 31.6. The molecule has 25 heavy (non-hydrogen) atoms. The number of nitrogens with one attached hydrogen (secondary N) is 1. The van der Waals surface area contributed by atoms with Crippen molar-refractivity contribution in [2.24, 2.45) is 0 Å². The van der Waals surface area contributed by atoms with Crippen molar-refractivity contribution in [2.45, 2.75) is 56.8 Å². The van der Waals surface area contributed by atoms with E-state index in [0.717, 1.165) is 31.7 Å². The van der Waals surface area contributed by atoms with Gasteiger partial charge in [-0.2, -0.15) is 8.42 Å². The highest BCUT2D eigenvalue weighted by Gasteiger charge is 2.19. The van der Waals surface area contributed by atoms with E-state index < -0.39 is 26.8 Å². The van der Waals surface area contributed by atoms with Crippen LogP contribution in [0.4, 0.5) is 0 Å². The third kappa shape index (κ3) is 8.24. The van der Waals surface area contributed by atoms with E-state index in [2.05, 4.69) is 12.4 Å². The van der Waals surface area contributed by atoms with Gasteiger partial charge in [-0.15, -0.1) is 5.48 Å². The van der Waals surface area contributed by atoms with Gasteiger partial charge in [-0.1, -0.05) is 51.2 Å². The van der Waals surface area contributed by atoms with Crippen LogP contribution in [0, 0.1) is 0 Å². The molecule has 0 spiro atoms. The normalized spacial score (nSPS) is 11.3. The summed E-state index contributed by atoms with van der Waals surface area (Å²) in [4.78, 5) is 27.9. The molecular formula is C17H25NO6S. The minimum atomic E-state index is -4.50. The van der Waals surface area contributed by atoms with E-state index in [-0.39, 0.29) is 18.5 Å². The standard InChI is InChI=1S/C17H25NO6S/c1-2-3-4-5-6-7-12-17(20)24-18-13-15(19)14-10-8-9-11-16(14)25(21,22)23/h8-11,18H,2-7,12-13H2,1H3,(H,21,22,23). The fraction of sp³-hybridized carbons (Fsp3) is 0.529. The van der Waals surface area contributed by atoms with Crippen molar-refractivity contribution in [2.75, 3.05) is 6.54 Å². The van der Waals surface area contributed by atoms with E-state index >= 15 is 0 Å². The number of hydrogen-bond donors (Lipinski definition) is 2. The second kappa shape index (κ2) is 11.0. The van der Waals surface area contributed by atoms with Crippen LogP contribution in [-0.4, -0.2) is 31.3 Å². The van der Waals surface area contributed by atoms with Gasteiger partial charge in [-0.3, -0.25) is 14.1 Å². The van der Waals surface area contributed by atoms with E-state index in [1.807, 2.05) is 0 Å². The van der Waals surface area contributed by atoms with Crippen LogP contribution in [-0.2, 0) is 19.8 Å². The Balaban J connectivity index is 2.35. The number of Topliss-reactive ketones (excluding diaryl/α,β-unsaturated/α-hetero) is 1. The van der Waals surface area contributed by atoms with Crippen LogP contribution >= 0.6 is 0 Å². The number of hydrogen-bond acceptors (Lipinski definition) is 6. The van der Waals surface area contributed by atoms with Gasteiger partial charge in [0.1, 0.15) is 4.90 Å². The Morgan fingerprint density at radius 1 is 1.08 bits per heavy atom. The minimum Gasteiger partial charge on any atom is -0.370 e. The van der Waals surface area contributed by atoms with Crippen LogP contribution in [0.3, 0.4) is 0 Å². The zero-order valence-corrected chi connectivity index (χ0v) is 15.2. The van der Waals surface area contributed by atoms with Gasteiger partial charge in [-0.25, -0.2) is 0 Å². The number of carbonyl (C=O) groups excluding carboxylic acids is 2. The molecular weight excluding hydrogens is 346 g/mol. The summed E-state index contributed by atoms with van der Waals surface area (Å²) >= 11 is 0. The summed E-state index contributed by atoms with van der Waals surface area (Å²) in [6.45, 7) is 1.76. The second-order valence-electron chi connectivity index (χ2n) is 5.71. The molecule has 0 heterocycles. The highest BCUT2D eigenvalue weighted by Crippen LogP contribution is 2.15. The zero-order valence-electron chi connectivity index (χ0n) is 14.4. The quantitative estimate of drug-likeness (QED) is 0.251. The molecule has 0 atom stereocenters. The first-order chi connectivity index (χ1) is 11.9. The van der Waals surface area contributed by atoms with Gasteiger partial charge < -0.3 is 4.84 Å². The Morgan fingerprint density at radius 2 is 1.72 bits per heavy atom. The highest BCUT2D eigenvalue weighted by molar-refractivity contribution is 7.86. The van der Waals surface area contributed by atoms with Crippen LogP contribution in [0.5, 0.6) is 0 Å². The molecule has 0 fully saturated rings. The molecule has 1 aromatic carbocycles. The third-order valence-electron chi connectivity index (χ3n) is 3.62. The van der Waals surface area contributed by atoms with Crippen LogP contribution in [0.2, 0.25) is 0 Å². The lowest BCUT2D eigenvalue weighted by Gasteiger charge is -2.08. The largest absolute Gasteiger partial charge is 0.370 e. The first-order valence-electron chi connectivity index (χ1n) is 8.38. The summed E-state index contributed by atoms with van der Waals surface area (Å²) in [6, 6.07) is 5.29. The average Bonchev–Trinajstić information content (AvgIpc) is 2.57. The van der Waals surface area contributed by atoms with Crippen molar-refractivity contribution < 1.29 is 27.4 Å². The monoisotopic (exact) mass is 371 g/mol.